The molecule has 0 saturated carbocycles. The zero-order chi connectivity index (χ0) is 8.85. The van der Waals surface area contributed by atoms with Crippen LogP contribution in [0.2, 0.25) is 0 Å². The summed E-state index contributed by atoms with van der Waals surface area (Å²) in [7, 11) is 3.21. The van der Waals surface area contributed by atoms with Crippen molar-refractivity contribution in [3.63, 3.8) is 0 Å². The second kappa shape index (κ2) is 4.79. The van der Waals surface area contributed by atoms with Gasteiger partial charge in [0.25, 0.3) is 5.24 Å². The van der Waals surface area contributed by atoms with Gasteiger partial charge in [0.2, 0.25) is 0 Å². The lowest BCUT2D eigenvalue weighted by atomic mass is 10.7. The van der Waals surface area contributed by atoms with Crippen LogP contribution in [-0.4, -0.2) is 30.5 Å². The summed E-state index contributed by atoms with van der Waals surface area (Å²) in [6.45, 7) is 0. The van der Waals surface area contributed by atoms with Gasteiger partial charge in [0.1, 0.15) is 0 Å². The quantitative estimate of drug-likeness (QED) is 0.486. The van der Waals surface area contributed by atoms with Crippen molar-refractivity contribution in [2.45, 2.75) is 0 Å². The number of hydrogen-bond donors (Lipinski definition) is 1. The number of nitrogens with two attached hydrogens (primary N) is 1. The lowest BCUT2D eigenvalue weighted by Crippen LogP contribution is -2.16. The molecule has 0 spiro atoms. The fourth-order valence-corrected chi connectivity index (χ4v) is 0.790. The molecular formula is C6H10N2O2S. The number of carbonyl (C=O) groups is 2. The molecule has 0 aliphatic rings. The van der Waals surface area contributed by atoms with Gasteiger partial charge in [0.05, 0.1) is 4.91 Å². The molecule has 1 amide bonds. The maximum absolute atomic E-state index is 10.9. The molecule has 0 saturated heterocycles. The van der Waals surface area contributed by atoms with E-state index in [-0.39, 0.29) is 10.1 Å². The molecule has 0 radical (unpaired) electrons. The van der Waals surface area contributed by atoms with Gasteiger partial charge in [-0.15, -0.1) is 0 Å². The van der Waals surface area contributed by atoms with Crippen LogP contribution in [0, 0.1) is 0 Å². The number of carbonyl (C=O) groups excluding carboxylic acids is 2. The number of rotatable bonds is 2. The number of thioether (sulfide) groups is 1. The molecule has 0 aromatic heterocycles. The van der Waals surface area contributed by atoms with Crippen molar-refractivity contribution in [3.8, 4) is 0 Å². The van der Waals surface area contributed by atoms with Crippen LogP contribution in [-0.2, 0) is 4.79 Å². The van der Waals surface area contributed by atoms with Gasteiger partial charge in [-0.3, -0.25) is 9.59 Å². The van der Waals surface area contributed by atoms with E-state index in [9.17, 15) is 9.59 Å². The van der Waals surface area contributed by atoms with E-state index in [4.69, 9.17) is 5.73 Å². The number of nitrogens with zero attached hydrogens (tertiary/aromatic N) is 1. The molecule has 0 heterocycles. The average Bonchev–Trinajstić information content (AvgIpc) is 1.99. The van der Waals surface area contributed by atoms with E-state index < -0.39 is 0 Å². The number of amides is 1. The van der Waals surface area contributed by atoms with Crippen molar-refractivity contribution in [2.75, 3.05) is 14.1 Å². The first kappa shape index (κ1) is 10.0. The Morgan fingerprint density at radius 2 is 2.09 bits per heavy atom. The molecule has 0 unspecified atom stereocenters. The highest BCUT2D eigenvalue weighted by Crippen LogP contribution is 2.14. The molecule has 62 valence electrons. The second-order valence-corrected chi connectivity index (χ2v) is 2.97. The Balaban J connectivity index is 4.03. The van der Waals surface area contributed by atoms with Gasteiger partial charge >= 0.3 is 0 Å². The Kier molecular flexibility index (Phi) is 4.36. The predicted molar refractivity (Wildman–Crippen MR) is 45.0 cm³/mol. The van der Waals surface area contributed by atoms with E-state index >= 15 is 0 Å². The first-order chi connectivity index (χ1) is 5.11. The minimum Gasteiger partial charge on any atom is -0.404 e. The highest BCUT2D eigenvalue weighted by atomic mass is 32.2. The van der Waals surface area contributed by atoms with Gasteiger partial charge in [0.15, 0.2) is 6.29 Å². The Hall–Kier alpha value is -0.970. The summed E-state index contributed by atoms with van der Waals surface area (Å²) in [5, 5.41) is -0.214. The number of hydrogen-bond acceptors (Lipinski definition) is 4. The van der Waals surface area contributed by atoms with Crippen LogP contribution in [0.4, 0.5) is 4.79 Å². The molecule has 0 atom stereocenters. The summed E-state index contributed by atoms with van der Waals surface area (Å²) in [5.41, 5.74) is 5.05. The van der Waals surface area contributed by atoms with E-state index in [1.54, 1.807) is 14.1 Å². The van der Waals surface area contributed by atoms with Crippen molar-refractivity contribution < 1.29 is 9.59 Å². The van der Waals surface area contributed by atoms with Crippen LogP contribution in [0.1, 0.15) is 0 Å². The van der Waals surface area contributed by atoms with Crippen molar-refractivity contribution in [2.24, 2.45) is 5.73 Å². The van der Waals surface area contributed by atoms with Crippen LogP contribution in [0.5, 0.6) is 0 Å². The molecule has 0 bridgehead atoms. The molecule has 5 heteroatoms. The molecule has 11 heavy (non-hydrogen) atoms. The lowest BCUT2D eigenvalue weighted by Gasteiger charge is -2.07. The molecule has 2 N–H and O–H groups in total. The minimum atomic E-state index is -0.214. The van der Waals surface area contributed by atoms with Crippen LogP contribution in [0.3, 0.4) is 0 Å². The summed E-state index contributed by atoms with van der Waals surface area (Å²) >= 11 is 0.808. The number of aldehydes is 1. The highest BCUT2D eigenvalue weighted by Gasteiger charge is 2.07. The van der Waals surface area contributed by atoms with E-state index in [1.807, 2.05) is 0 Å². The Labute approximate surface area is 69.4 Å². The molecule has 0 aromatic rings. The SMILES string of the molecule is CN(C)C(=O)S/C(C=O)=C\N. The molecule has 0 rings (SSSR count). The third kappa shape index (κ3) is 3.67. The maximum atomic E-state index is 10.9. The van der Waals surface area contributed by atoms with Gasteiger partial charge in [0, 0.05) is 20.3 Å². The predicted octanol–water partition coefficient (Wildman–Crippen LogP) is 0.400. The van der Waals surface area contributed by atoms with E-state index in [1.165, 1.54) is 4.90 Å². The lowest BCUT2D eigenvalue weighted by molar-refractivity contribution is -0.104. The van der Waals surface area contributed by atoms with Crippen molar-refractivity contribution in [1.82, 2.24) is 4.90 Å². The Morgan fingerprint density at radius 1 is 1.55 bits per heavy atom. The minimum absolute atomic E-state index is 0.214. The zero-order valence-corrected chi connectivity index (χ0v) is 7.22. The topological polar surface area (TPSA) is 63.4 Å². The molecular weight excluding hydrogens is 164 g/mol. The van der Waals surface area contributed by atoms with Gasteiger partial charge in [-0.25, -0.2) is 0 Å². The normalized spacial score (nSPS) is 10.9. The van der Waals surface area contributed by atoms with E-state index in [0.29, 0.717) is 6.29 Å². The highest BCUT2D eigenvalue weighted by molar-refractivity contribution is 8.17. The molecule has 0 aromatic carbocycles. The Bertz CT molecular complexity index is 189. The monoisotopic (exact) mass is 174 g/mol. The van der Waals surface area contributed by atoms with Crippen LogP contribution >= 0.6 is 11.8 Å². The van der Waals surface area contributed by atoms with Crippen molar-refractivity contribution in [3.05, 3.63) is 11.1 Å². The largest absolute Gasteiger partial charge is 0.404 e. The van der Waals surface area contributed by atoms with Crippen LogP contribution < -0.4 is 5.73 Å². The Morgan fingerprint density at radius 3 is 2.36 bits per heavy atom. The fraction of sp³-hybridized carbons (Fsp3) is 0.333. The average molecular weight is 174 g/mol. The first-order valence-electron chi connectivity index (χ1n) is 2.88. The second-order valence-electron chi connectivity index (χ2n) is 1.95. The smallest absolute Gasteiger partial charge is 0.286 e. The van der Waals surface area contributed by atoms with Crippen molar-refractivity contribution >= 4 is 23.3 Å². The van der Waals surface area contributed by atoms with Gasteiger partial charge in [-0.2, -0.15) is 0 Å². The number of allylic oxidation sites excluding steroid dienone is 1. The third-order valence-electron chi connectivity index (χ3n) is 0.851. The van der Waals surface area contributed by atoms with E-state index in [2.05, 4.69) is 0 Å². The van der Waals surface area contributed by atoms with Gasteiger partial charge in [-0.1, -0.05) is 0 Å². The summed E-state index contributed by atoms with van der Waals surface area (Å²) in [4.78, 5) is 22.7. The molecule has 0 fully saturated rings. The van der Waals surface area contributed by atoms with Crippen molar-refractivity contribution in [1.29, 1.82) is 0 Å². The standard InChI is InChI=1S/C6H10N2O2S/c1-8(2)6(10)11-5(3-7)4-9/h3-4H,7H2,1-2H3/b5-3-. The van der Waals surface area contributed by atoms with Crippen LogP contribution in [0.25, 0.3) is 0 Å². The third-order valence-corrected chi connectivity index (χ3v) is 1.86. The summed E-state index contributed by atoms with van der Waals surface area (Å²) in [6.07, 6.45) is 1.66. The van der Waals surface area contributed by atoms with Gasteiger partial charge < -0.3 is 10.6 Å². The summed E-state index contributed by atoms with van der Waals surface area (Å²) in [5.74, 6) is 0. The molecule has 0 aliphatic carbocycles. The van der Waals surface area contributed by atoms with E-state index in [0.717, 1.165) is 18.0 Å². The fourth-order valence-electron chi connectivity index (χ4n) is 0.289. The van der Waals surface area contributed by atoms with Crippen LogP contribution in [0.15, 0.2) is 11.1 Å². The summed E-state index contributed by atoms with van der Waals surface area (Å²) in [6, 6.07) is 0. The first-order valence-corrected chi connectivity index (χ1v) is 3.69. The summed E-state index contributed by atoms with van der Waals surface area (Å²) < 4.78 is 0. The molecule has 0 aliphatic heterocycles. The zero-order valence-electron chi connectivity index (χ0n) is 6.40. The maximum Gasteiger partial charge on any atom is 0.286 e. The van der Waals surface area contributed by atoms with Gasteiger partial charge in [-0.05, 0) is 11.8 Å². The molecule has 4 nitrogen and oxygen atoms in total.